The number of carbonyl (C=O) groups is 2. The van der Waals surface area contributed by atoms with Crippen molar-refractivity contribution >= 4 is 33.4 Å². The Morgan fingerprint density at radius 2 is 1.75 bits per heavy atom. The molecule has 1 N–H and O–H groups in total. The number of amides is 2. The van der Waals surface area contributed by atoms with Gasteiger partial charge in [-0.05, 0) is 48.0 Å². The van der Waals surface area contributed by atoms with E-state index in [2.05, 4.69) is 21.2 Å². The number of benzene rings is 3. The third-order valence-electron chi connectivity index (χ3n) is 4.68. The number of hydrogen-bond donors (Lipinski definition) is 1. The van der Waals surface area contributed by atoms with Crippen molar-refractivity contribution in [1.29, 1.82) is 0 Å². The number of nitrogens with one attached hydrogen (secondary N) is 1. The van der Waals surface area contributed by atoms with Crippen molar-refractivity contribution in [2.24, 2.45) is 0 Å². The molecule has 0 saturated carbocycles. The lowest BCUT2D eigenvalue weighted by molar-refractivity contribution is -0.117. The first-order valence-electron chi connectivity index (χ1n) is 8.74. The van der Waals surface area contributed by atoms with E-state index in [0.29, 0.717) is 11.3 Å². The summed E-state index contributed by atoms with van der Waals surface area (Å²) in [6.45, 7) is -0.109. The summed E-state index contributed by atoms with van der Waals surface area (Å²) in [5, 5.41) is 2.87. The number of carbonyl (C=O) groups excluding carboxylic acids is 2. The highest BCUT2D eigenvalue weighted by Gasteiger charge is 2.34. The molecule has 1 aliphatic heterocycles. The lowest BCUT2D eigenvalue weighted by Crippen LogP contribution is -2.39. The molecule has 2 amide bonds. The average Bonchev–Trinajstić information content (AvgIpc) is 2.84. The van der Waals surface area contributed by atoms with E-state index >= 15 is 0 Å². The number of halogens is 2. The highest BCUT2D eigenvalue weighted by Crippen LogP contribution is 2.38. The predicted octanol–water partition coefficient (Wildman–Crippen LogP) is 4.77. The van der Waals surface area contributed by atoms with Gasteiger partial charge in [0.1, 0.15) is 12.4 Å². The first-order valence-corrected chi connectivity index (χ1v) is 9.53. The van der Waals surface area contributed by atoms with Crippen LogP contribution in [-0.2, 0) is 4.79 Å². The summed E-state index contributed by atoms with van der Waals surface area (Å²) >= 11 is 3.47. The van der Waals surface area contributed by atoms with Crippen LogP contribution in [0.1, 0.15) is 27.5 Å². The molecule has 28 heavy (non-hydrogen) atoms. The van der Waals surface area contributed by atoms with Gasteiger partial charge < -0.3 is 10.2 Å². The molecule has 0 fully saturated rings. The molecule has 1 atom stereocenters. The van der Waals surface area contributed by atoms with Gasteiger partial charge in [0.05, 0.1) is 6.04 Å². The second-order valence-corrected chi connectivity index (χ2v) is 7.45. The minimum atomic E-state index is -0.542. The van der Waals surface area contributed by atoms with Crippen LogP contribution in [0, 0.1) is 5.82 Å². The Kier molecular flexibility index (Phi) is 4.96. The monoisotopic (exact) mass is 438 g/mol. The molecule has 3 aromatic rings. The minimum Gasteiger partial charge on any atom is -0.324 e. The van der Waals surface area contributed by atoms with Crippen molar-refractivity contribution in [3.63, 3.8) is 0 Å². The van der Waals surface area contributed by atoms with Gasteiger partial charge in [0, 0.05) is 21.3 Å². The predicted molar refractivity (Wildman–Crippen MR) is 108 cm³/mol. The quantitative estimate of drug-likeness (QED) is 0.626. The first-order chi connectivity index (χ1) is 13.5. The summed E-state index contributed by atoms with van der Waals surface area (Å²) in [6.07, 6.45) is 0. The zero-order valence-corrected chi connectivity index (χ0v) is 16.3. The molecule has 0 radical (unpaired) electrons. The van der Waals surface area contributed by atoms with Gasteiger partial charge in [-0.1, -0.05) is 46.3 Å². The van der Waals surface area contributed by atoms with Crippen LogP contribution >= 0.6 is 15.9 Å². The third-order valence-corrected chi connectivity index (χ3v) is 5.17. The van der Waals surface area contributed by atoms with Crippen LogP contribution in [0.3, 0.4) is 0 Å². The highest BCUT2D eigenvalue weighted by molar-refractivity contribution is 9.10. The molecule has 1 aliphatic rings. The van der Waals surface area contributed by atoms with Crippen LogP contribution in [0.25, 0.3) is 0 Å². The molecular formula is C22H16BrFN2O2. The van der Waals surface area contributed by atoms with Gasteiger partial charge in [0.25, 0.3) is 5.91 Å². The minimum absolute atomic E-state index is 0.109. The summed E-state index contributed by atoms with van der Waals surface area (Å²) < 4.78 is 14.3. The van der Waals surface area contributed by atoms with Gasteiger partial charge in [-0.15, -0.1) is 0 Å². The molecular weight excluding hydrogens is 423 g/mol. The van der Waals surface area contributed by atoms with Crippen molar-refractivity contribution in [1.82, 2.24) is 4.90 Å². The average molecular weight is 439 g/mol. The van der Waals surface area contributed by atoms with E-state index in [-0.39, 0.29) is 24.2 Å². The molecule has 140 valence electrons. The molecule has 0 aliphatic carbocycles. The number of anilines is 1. The van der Waals surface area contributed by atoms with Crippen molar-refractivity contribution in [2.45, 2.75) is 6.04 Å². The Bertz CT molecular complexity index is 1040. The van der Waals surface area contributed by atoms with E-state index in [9.17, 15) is 14.0 Å². The largest absolute Gasteiger partial charge is 0.324 e. The second kappa shape index (κ2) is 7.56. The van der Waals surface area contributed by atoms with Gasteiger partial charge in [-0.2, -0.15) is 0 Å². The fourth-order valence-corrected chi connectivity index (χ4v) is 3.80. The standard InChI is InChI=1S/C22H16BrFN2O2/c23-16-8-11-19-18(12-16)21(14-6-9-17(24)10-7-14)26(13-20(27)25-19)22(28)15-4-2-1-3-5-15/h1-12,21H,13H2,(H,25,27)/t21-/m0/s1. The van der Waals surface area contributed by atoms with E-state index in [0.717, 1.165) is 15.6 Å². The van der Waals surface area contributed by atoms with Crippen LogP contribution in [0.4, 0.5) is 10.1 Å². The topological polar surface area (TPSA) is 49.4 Å². The van der Waals surface area contributed by atoms with Crippen LogP contribution < -0.4 is 5.32 Å². The van der Waals surface area contributed by atoms with Crippen LogP contribution in [-0.4, -0.2) is 23.3 Å². The van der Waals surface area contributed by atoms with Crippen molar-refractivity contribution in [2.75, 3.05) is 11.9 Å². The fourth-order valence-electron chi connectivity index (χ4n) is 3.42. The van der Waals surface area contributed by atoms with Gasteiger partial charge in [-0.25, -0.2) is 4.39 Å². The summed E-state index contributed by atoms with van der Waals surface area (Å²) in [6, 6.07) is 19.8. The SMILES string of the molecule is O=C1CN(C(=O)c2ccccc2)[C@@H](c2ccc(F)cc2)c2cc(Br)ccc2N1. The van der Waals surface area contributed by atoms with E-state index in [1.54, 1.807) is 42.5 Å². The molecule has 4 nitrogen and oxygen atoms in total. The first kappa shape index (κ1) is 18.4. The van der Waals surface area contributed by atoms with E-state index in [1.807, 2.05) is 18.2 Å². The zero-order chi connectivity index (χ0) is 19.7. The van der Waals surface area contributed by atoms with Crippen LogP contribution in [0.2, 0.25) is 0 Å². The summed E-state index contributed by atoms with van der Waals surface area (Å²) in [4.78, 5) is 27.4. The molecule has 0 aromatic heterocycles. The lowest BCUT2D eigenvalue weighted by atomic mass is 9.95. The number of fused-ring (bicyclic) bond motifs is 1. The molecule has 4 rings (SSSR count). The van der Waals surface area contributed by atoms with Crippen molar-refractivity contribution in [3.8, 4) is 0 Å². The summed E-state index contributed by atoms with van der Waals surface area (Å²) in [7, 11) is 0. The van der Waals surface area contributed by atoms with Crippen LogP contribution in [0.15, 0.2) is 77.3 Å². The Morgan fingerprint density at radius 1 is 1.04 bits per heavy atom. The second-order valence-electron chi connectivity index (χ2n) is 6.53. The third kappa shape index (κ3) is 3.55. The maximum absolute atomic E-state index is 13.5. The van der Waals surface area contributed by atoms with Crippen molar-refractivity contribution < 1.29 is 14.0 Å². The van der Waals surface area contributed by atoms with Crippen LogP contribution in [0.5, 0.6) is 0 Å². The van der Waals surface area contributed by atoms with Gasteiger partial charge in [0.15, 0.2) is 0 Å². The maximum atomic E-state index is 13.5. The summed E-state index contributed by atoms with van der Waals surface area (Å²) in [5.41, 5.74) is 2.60. The molecule has 0 bridgehead atoms. The fraction of sp³-hybridized carbons (Fsp3) is 0.0909. The zero-order valence-electron chi connectivity index (χ0n) is 14.7. The van der Waals surface area contributed by atoms with Gasteiger partial charge in [-0.3, -0.25) is 9.59 Å². The normalized spacial score (nSPS) is 16.1. The van der Waals surface area contributed by atoms with E-state index in [4.69, 9.17) is 0 Å². The lowest BCUT2D eigenvalue weighted by Gasteiger charge is -2.30. The Morgan fingerprint density at radius 3 is 2.46 bits per heavy atom. The molecule has 6 heteroatoms. The number of hydrogen-bond acceptors (Lipinski definition) is 2. The summed E-state index contributed by atoms with van der Waals surface area (Å²) in [5.74, 6) is -0.905. The van der Waals surface area contributed by atoms with E-state index < -0.39 is 6.04 Å². The number of nitrogens with zero attached hydrogens (tertiary/aromatic N) is 1. The van der Waals surface area contributed by atoms with Crippen molar-refractivity contribution in [3.05, 3.63) is 99.8 Å². The maximum Gasteiger partial charge on any atom is 0.255 e. The Balaban J connectivity index is 1.90. The number of rotatable bonds is 2. The van der Waals surface area contributed by atoms with Gasteiger partial charge >= 0.3 is 0 Å². The van der Waals surface area contributed by atoms with E-state index in [1.165, 1.54) is 17.0 Å². The smallest absolute Gasteiger partial charge is 0.255 e. The van der Waals surface area contributed by atoms with Gasteiger partial charge in [0.2, 0.25) is 5.91 Å². The Labute approximate surface area is 170 Å². The highest BCUT2D eigenvalue weighted by atomic mass is 79.9. The molecule has 1 heterocycles. The Hall–Kier alpha value is -2.99. The molecule has 0 unspecified atom stereocenters. The molecule has 3 aromatic carbocycles. The molecule has 0 saturated heterocycles. The molecule has 0 spiro atoms.